The van der Waals surface area contributed by atoms with Gasteiger partial charge < -0.3 is 10.4 Å². The van der Waals surface area contributed by atoms with Crippen molar-refractivity contribution in [1.29, 1.82) is 0 Å². The van der Waals surface area contributed by atoms with Gasteiger partial charge in [0, 0.05) is 20.0 Å². The molecule has 1 aromatic carbocycles. The van der Waals surface area contributed by atoms with Gasteiger partial charge in [-0.25, -0.2) is 17.9 Å². The molecule has 0 fully saturated rings. The van der Waals surface area contributed by atoms with Gasteiger partial charge in [0.25, 0.3) is 0 Å². The van der Waals surface area contributed by atoms with Crippen LogP contribution in [0, 0.1) is 0 Å². The molecule has 0 saturated heterocycles. The van der Waals surface area contributed by atoms with E-state index in [1.807, 2.05) is 0 Å². The number of carbonyl (C=O) groups is 2. The summed E-state index contributed by atoms with van der Waals surface area (Å²) in [4.78, 5) is 21.7. The van der Waals surface area contributed by atoms with Crippen LogP contribution in [-0.2, 0) is 21.2 Å². The molecule has 0 aromatic heterocycles. The number of hydrogen-bond donors (Lipinski definition) is 3. The summed E-state index contributed by atoms with van der Waals surface area (Å²) in [6, 6.07) is 4.00. The fourth-order valence-corrected chi connectivity index (χ4v) is 2.80. The highest BCUT2D eigenvalue weighted by Crippen LogP contribution is 2.16. The molecule has 3 N–H and O–H groups in total. The van der Waals surface area contributed by atoms with Gasteiger partial charge in [0.15, 0.2) is 0 Å². The topological polar surface area (TPSA) is 113 Å². The van der Waals surface area contributed by atoms with E-state index in [-0.39, 0.29) is 29.5 Å². The van der Waals surface area contributed by atoms with Gasteiger partial charge in [-0.2, -0.15) is 0 Å². The fraction of sp³-hybridized carbons (Fsp3) is 0.385. The summed E-state index contributed by atoms with van der Waals surface area (Å²) in [7, 11) is -3.80. The number of aryl methyl sites for hydroxylation is 1. The Morgan fingerprint density at radius 1 is 1.24 bits per heavy atom. The van der Waals surface area contributed by atoms with Gasteiger partial charge in [0.05, 0.1) is 10.5 Å². The maximum absolute atomic E-state index is 12.0. The largest absolute Gasteiger partial charge is 0.478 e. The molecule has 0 atom stereocenters. The second-order valence-corrected chi connectivity index (χ2v) is 6.13. The third kappa shape index (κ3) is 4.83. The molecule has 1 aromatic rings. The van der Waals surface area contributed by atoms with E-state index < -0.39 is 16.0 Å². The molecule has 0 radical (unpaired) electrons. The standard InChI is InChI=1S/C13H18N2O5S/c1-3-10-4-5-11(8-12(10)13(17)18)21(19,20)15-7-6-14-9(2)16/h4-5,8,15H,3,6-7H2,1-2H3,(H,14,16)(H,17,18). The van der Waals surface area contributed by atoms with Crippen molar-refractivity contribution in [3.63, 3.8) is 0 Å². The minimum atomic E-state index is -3.80. The highest BCUT2D eigenvalue weighted by molar-refractivity contribution is 7.89. The first-order valence-corrected chi connectivity index (χ1v) is 7.86. The van der Waals surface area contributed by atoms with Crippen LogP contribution in [0.5, 0.6) is 0 Å². The van der Waals surface area contributed by atoms with Gasteiger partial charge in [-0.15, -0.1) is 0 Å². The monoisotopic (exact) mass is 314 g/mol. The summed E-state index contributed by atoms with van der Waals surface area (Å²) in [6.45, 7) is 3.31. The normalized spacial score (nSPS) is 11.1. The number of nitrogens with one attached hydrogen (secondary N) is 2. The van der Waals surface area contributed by atoms with Crippen LogP contribution in [0.1, 0.15) is 29.8 Å². The van der Waals surface area contributed by atoms with Crippen LogP contribution in [0.4, 0.5) is 0 Å². The minimum absolute atomic E-state index is 0.0257. The van der Waals surface area contributed by atoms with Crippen molar-refractivity contribution in [1.82, 2.24) is 10.0 Å². The lowest BCUT2D eigenvalue weighted by Crippen LogP contribution is -2.33. The average molecular weight is 314 g/mol. The van der Waals surface area contributed by atoms with E-state index in [9.17, 15) is 18.0 Å². The predicted molar refractivity (Wildman–Crippen MR) is 76.7 cm³/mol. The Bertz CT molecular complexity index is 640. The van der Waals surface area contributed by atoms with Gasteiger partial charge in [-0.05, 0) is 24.1 Å². The molecule has 0 saturated carbocycles. The molecule has 0 spiro atoms. The van der Waals surface area contributed by atoms with Crippen LogP contribution >= 0.6 is 0 Å². The lowest BCUT2D eigenvalue weighted by atomic mass is 10.1. The van der Waals surface area contributed by atoms with E-state index in [0.717, 1.165) is 6.07 Å². The molecule has 0 aliphatic rings. The molecule has 0 heterocycles. The first-order valence-electron chi connectivity index (χ1n) is 6.38. The van der Waals surface area contributed by atoms with E-state index >= 15 is 0 Å². The maximum Gasteiger partial charge on any atom is 0.336 e. The Balaban J connectivity index is 2.90. The van der Waals surface area contributed by atoms with Gasteiger partial charge in [-0.1, -0.05) is 13.0 Å². The highest BCUT2D eigenvalue weighted by Gasteiger charge is 2.17. The smallest absolute Gasteiger partial charge is 0.336 e. The number of hydrogen-bond acceptors (Lipinski definition) is 4. The summed E-state index contributed by atoms with van der Waals surface area (Å²) in [5, 5.41) is 11.6. The molecular weight excluding hydrogens is 296 g/mol. The first-order chi connectivity index (χ1) is 9.77. The summed E-state index contributed by atoms with van der Waals surface area (Å²) in [5.41, 5.74) is 0.543. The molecule has 8 heteroatoms. The van der Waals surface area contributed by atoms with E-state index in [4.69, 9.17) is 5.11 Å². The molecule has 0 aliphatic heterocycles. The van der Waals surface area contributed by atoms with Crippen molar-refractivity contribution in [3.05, 3.63) is 29.3 Å². The summed E-state index contributed by atoms with van der Waals surface area (Å²) < 4.78 is 26.4. The van der Waals surface area contributed by atoms with Crippen LogP contribution in [0.25, 0.3) is 0 Å². The fourth-order valence-electron chi connectivity index (χ4n) is 1.74. The van der Waals surface area contributed by atoms with Crippen LogP contribution in [0.15, 0.2) is 23.1 Å². The van der Waals surface area contributed by atoms with Crippen molar-refractivity contribution in [2.24, 2.45) is 0 Å². The molecule has 7 nitrogen and oxygen atoms in total. The third-order valence-electron chi connectivity index (χ3n) is 2.79. The van der Waals surface area contributed by atoms with E-state index in [1.54, 1.807) is 6.92 Å². The third-order valence-corrected chi connectivity index (χ3v) is 4.25. The minimum Gasteiger partial charge on any atom is -0.478 e. The van der Waals surface area contributed by atoms with E-state index in [0.29, 0.717) is 12.0 Å². The Morgan fingerprint density at radius 2 is 1.90 bits per heavy atom. The number of sulfonamides is 1. The van der Waals surface area contributed by atoms with Crippen molar-refractivity contribution in [2.45, 2.75) is 25.2 Å². The zero-order valence-electron chi connectivity index (χ0n) is 11.8. The SMILES string of the molecule is CCc1ccc(S(=O)(=O)NCCNC(C)=O)cc1C(=O)O. The number of amides is 1. The van der Waals surface area contributed by atoms with Crippen molar-refractivity contribution in [2.75, 3.05) is 13.1 Å². The van der Waals surface area contributed by atoms with Crippen LogP contribution in [0.3, 0.4) is 0 Å². The van der Waals surface area contributed by atoms with E-state index in [2.05, 4.69) is 10.0 Å². The average Bonchev–Trinajstić information content (AvgIpc) is 2.42. The lowest BCUT2D eigenvalue weighted by Gasteiger charge is -2.10. The van der Waals surface area contributed by atoms with Crippen molar-refractivity contribution in [3.8, 4) is 0 Å². The second kappa shape index (κ2) is 7.19. The van der Waals surface area contributed by atoms with Crippen LogP contribution < -0.4 is 10.0 Å². The van der Waals surface area contributed by atoms with E-state index in [1.165, 1.54) is 19.1 Å². The zero-order chi connectivity index (χ0) is 16.0. The van der Waals surface area contributed by atoms with Crippen LogP contribution in [-0.4, -0.2) is 38.5 Å². The summed E-state index contributed by atoms with van der Waals surface area (Å²) in [5.74, 6) is -1.42. The summed E-state index contributed by atoms with van der Waals surface area (Å²) >= 11 is 0. The Hall–Kier alpha value is -1.93. The number of aromatic carboxylic acids is 1. The molecule has 0 bridgehead atoms. The van der Waals surface area contributed by atoms with Crippen molar-refractivity contribution < 1.29 is 23.1 Å². The molecule has 0 unspecified atom stereocenters. The van der Waals surface area contributed by atoms with Gasteiger partial charge in [-0.3, -0.25) is 4.79 Å². The zero-order valence-corrected chi connectivity index (χ0v) is 12.7. The summed E-state index contributed by atoms with van der Waals surface area (Å²) in [6.07, 6.45) is 0.498. The number of benzene rings is 1. The molecule has 1 rings (SSSR count). The Morgan fingerprint density at radius 3 is 2.43 bits per heavy atom. The number of carboxylic acid groups (broad SMARTS) is 1. The highest BCUT2D eigenvalue weighted by atomic mass is 32.2. The molecular formula is C13H18N2O5S. The first kappa shape index (κ1) is 17.1. The Kier molecular flexibility index (Phi) is 5.86. The number of carboxylic acids is 1. The molecule has 0 aliphatic carbocycles. The predicted octanol–water partition coefficient (Wildman–Crippen LogP) is 0.362. The second-order valence-electron chi connectivity index (χ2n) is 4.36. The molecule has 116 valence electrons. The van der Waals surface area contributed by atoms with Gasteiger partial charge in [0.2, 0.25) is 15.9 Å². The number of rotatable bonds is 7. The molecule has 21 heavy (non-hydrogen) atoms. The number of carbonyl (C=O) groups excluding carboxylic acids is 1. The maximum atomic E-state index is 12.0. The van der Waals surface area contributed by atoms with Crippen LogP contribution in [0.2, 0.25) is 0 Å². The van der Waals surface area contributed by atoms with Gasteiger partial charge in [0.1, 0.15) is 0 Å². The lowest BCUT2D eigenvalue weighted by molar-refractivity contribution is -0.118. The quantitative estimate of drug-likeness (QED) is 0.629. The van der Waals surface area contributed by atoms with Crippen molar-refractivity contribution >= 4 is 21.9 Å². The van der Waals surface area contributed by atoms with Gasteiger partial charge >= 0.3 is 5.97 Å². The Labute approximate surface area is 123 Å². The molecule has 1 amide bonds.